The quantitative estimate of drug-likeness (QED) is 0.557. The zero-order chi connectivity index (χ0) is 20.9. The standard InChI is InChI=1S/C22H26ClN5O2/c1-28(13-16-11-17(23)6-9-20(16)24)14-21-26-27-22(30-21)15-4-7-18(8-5-15)29-19-3-2-10-25-12-19/h2-3,6,9-12,15,18H,4-5,7-8,13-14,24H2,1H3. The molecule has 4 rings (SSSR count). The van der Waals surface area contributed by atoms with Crippen LogP contribution >= 0.6 is 11.6 Å². The highest BCUT2D eigenvalue weighted by molar-refractivity contribution is 6.30. The molecule has 0 saturated heterocycles. The Balaban J connectivity index is 1.28. The maximum Gasteiger partial charge on any atom is 0.230 e. The third-order valence-electron chi connectivity index (χ3n) is 5.39. The smallest absolute Gasteiger partial charge is 0.230 e. The van der Waals surface area contributed by atoms with Crippen LogP contribution in [0.4, 0.5) is 5.69 Å². The molecule has 2 aromatic heterocycles. The van der Waals surface area contributed by atoms with Gasteiger partial charge in [0.1, 0.15) is 5.75 Å². The van der Waals surface area contributed by atoms with Gasteiger partial charge in [-0.2, -0.15) is 0 Å². The molecule has 0 unspecified atom stereocenters. The first kappa shape index (κ1) is 20.6. The van der Waals surface area contributed by atoms with E-state index in [-0.39, 0.29) is 12.0 Å². The van der Waals surface area contributed by atoms with Gasteiger partial charge in [0.05, 0.1) is 18.8 Å². The molecule has 30 heavy (non-hydrogen) atoms. The first-order valence-corrected chi connectivity index (χ1v) is 10.6. The molecule has 0 spiro atoms. The van der Waals surface area contributed by atoms with E-state index >= 15 is 0 Å². The monoisotopic (exact) mass is 427 g/mol. The van der Waals surface area contributed by atoms with Gasteiger partial charge in [0.15, 0.2) is 0 Å². The molecule has 2 heterocycles. The van der Waals surface area contributed by atoms with Crippen molar-refractivity contribution in [2.24, 2.45) is 0 Å². The molecule has 158 valence electrons. The summed E-state index contributed by atoms with van der Waals surface area (Å²) in [4.78, 5) is 6.18. The molecule has 3 aromatic rings. The molecule has 0 aliphatic heterocycles. The summed E-state index contributed by atoms with van der Waals surface area (Å²) in [5, 5.41) is 9.22. The first-order valence-electron chi connectivity index (χ1n) is 10.2. The zero-order valence-electron chi connectivity index (χ0n) is 17.0. The van der Waals surface area contributed by atoms with Crippen LogP contribution in [-0.2, 0) is 13.1 Å². The second-order valence-electron chi connectivity index (χ2n) is 7.83. The SMILES string of the molecule is CN(Cc1nnc(C2CCC(Oc3cccnc3)CC2)o1)Cc1cc(Cl)ccc1N. The van der Waals surface area contributed by atoms with E-state index in [1.54, 1.807) is 18.5 Å². The lowest BCUT2D eigenvalue weighted by molar-refractivity contribution is 0.140. The fourth-order valence-electron chi connectivity index (χ4n) is 3.82. The molecular weight excluding hydrogens is 402 g/mol. The van der Waals surface area contributed by atoms with Crippen molar-refractivity contribution in [3.63, 3.8) is 0 Å². The number of pyridine rings is 1. The molecule has 1 aromatic carbocycles. The van der Waals surface area contributed by atoms with Crippen LogP contribution in [0.1, 0.15) is 48.9 Å². The van der Waals surface area contributed by atoms with Crippen molar-refractivity contribution in [3.8, 4) is 5.75 Å². The minimum Gasteiger partial charge on any atom is -0.489 e. The lowest BCUT2D eigenvalue weighted by Gasteiger charge is -2.27. The number of nitrogen functional groups attached to an aromatic ring is 1. The normalized spacial score (nSPS) is 19.2. The van der Waals surface area contributed by atoms with Gasteiger partial charge >= 0.3 is 0 Å². The van der Waals surface area contributed by atoms with Crippen molar-refractivity contribution in [3.05, 3.63) is 65.1 Å². The van der Waals surface area contributed by atoms with E-state index in [0.717, 1.165) is 48.6 Å². The average Bonchev–Trinajstić information content (AvgIpc) is 3.20. The molecule has 0 atom stereocenters. The van der Waals surface area contributed by atoms with Gasteiger partial charge in [-0.05, 0) is 68.6 Å². The number of rotatable bonds is 7. The second kappa shape index (κ2) is 9.45. The van der Waals surface area contributed by atoms with E-state index in [0.29, 0.717) is 24.0 Å². The van der Waals surface area contributed by atoms with Gasteiger partial charge in [0.25, 0.3) is 0 Å². The van der Waals surface area contributed by atoms with E-state index in [9.17, 15) is 0 Å². The number of anilines is 1. The molecule has 8 heteroatoms. The Morgan fingerprint density at radius 1 is 1.17 bits per heavy atom. The largest absolute Gasteiger partial charge is 0.489 e. The highest BCUT2D eigenvalue weighted by Crippen LogP contribution is 2.34. The summed E-state index contributed by atoms with van der Waals surface area (Å²) in [5.41, 5.74) is 7.75. The van der Waals surface area contributed by atoms with Gasteiger partial charge < -0.3 is 14.9 Å². The van der Waals surface area contributed by atoms with Gasteiger partial charge in [-0.15, -0.1) is 10.2 Å². The predicted octanol–water partition coefficient (Wildman–Crippen LogP) is 4.44. The summed E-state index contributed by atoms with van der Waals surface area (Å²) >= 11 is 6.08. The van der Waals surface area contributed by atoms with Crippen LogP contribution in [0.3, 0.4) is 0 Å². The average molecular weight is 428 g/mol. The summed E-state index contributed by atoms with van der Waals surface area (Å²) in [7, 11) is 1.99. The molecule has 0 amide bonds. The van der Waals surface area contributed by atoms with Gasteiger partial charge in [-0.25, -0.2) is 0 Å². The number of benzene rings is 1. The predicted molar refractivity (Wildman–Crippen MR) is 115 cm³/mol. The van der Waals surface area contributed by atoms with Crippen LogP contribution in [0, 0.1) is 0 Å². The van der Waals surface area contributed by atoms with Crippen LogP contribution in [0.25, 0.3) is 0 Å². The maximum atomic E-state index is 6.08. The van der Waals surface area contributed by atoms with E-state index in [1.807, 2.05) is 31.3 Å². The molecule has 0 bridgehead atoms. The van der Waals surface area contributed by atoms with Crippen LogP contribution in [0.5, 0.6) is 5.75 Å². The Morgan fingerprint density at radius 2 is 2.00 bits per heavy atom. The van der Waals surface area contributed by atoms with Gasteiger partial charge in [-0.3, -0.25) is 9.88 Å². The summed E-state index contributed by atoms with van der Waals surface area (Å²) in [6.07, 6.45) is 7.59. The second-order valence-corrected chi connectivity index (χ2v) is 8.27. The molecule has 0 radical (unpaired) electrons. The topological polar surface area (TPSA) is 90.3 Å². The van der Waals surface area contributed by atoms with Crippen LogP contribution in [0.15, 0.2) is 47.1 Å². The summed E-state index contributed by atoms with van der Waals surface area (Å²) in [5.74, 6) is 2.45. The molecular formula is C22H26ClN5O2. The minimum absolute atomic E-state index is 0.210. The molecule has 7 nitrogen and oxygen atoms in total. The van der Waals surface area contributed by atoms with Crippen molar-refractivity contribution in [1.82, 2.24) is 20.1 Å². The summed E-state index contributed by atoms with van der Waals surface area (Å²) in [6, 6.07) is 9.33. The van der Waals surface area contributed by atoms with Crippen LogP contribution in [-0.4, -0.2) is 33.2 Å². The fourth-order valence-corrected chi connectivity index (χ4v) is 4.02. The molecule has 1 saturated carbocycles. The number of ether oxygens (including phenoxy) is 1. The Bertz CT molecular complexity index is 957. The van der Waals surface area contributed by atoms with E-state index < -0.39 is 0 Å². The fraction of sp³-hybridized carbons (Fsp3) is 0.409. The van der Waals surface area contributed by atoms with Gasteiger partial charge in [0.2, 0.25) is 11.8 Å². The minimum atomic E-state index is 0.210. The van der Waals surface area contributed by atoms with Crippen LogP contribution in [0.2, 0.25) is 5.02 Å². The lowest BCUT2D eigenvalue weighted by Crippen LogP contribution is -2.23. The Labute approximate surface area is 181 Å². The van der Waals surface area contributed by atoms with Gasteiger partial charge in [0, 0.05) is 29.4 Å². The number of halogens is 1. The number of nitrogens with zero attached hydrogens (tertiary/aromatic N) is 4. The third-order valence-corrected chi connectivity index (χ3v) is 5.63. The molecule has 1 fully saturated rings. The maximum absolute atomic E-state index is 6.08. The Morgan fingerprint density at radius 3 is 2.77 bits per heavy atom. The Hall–Kier alpha value is -2.64. The number of hydrogen-bond acceptors (Lipinski definition) is 7. The van der Waals surface area contributed by atoms with E-state index in [2.05, 4.69) is 20.1 Å². The summed E-state index contributed by atoms with van der Waals surface area (Å²) in [6.45, 7) is 1.21. The third kappa shape index (κ3) is 5.29. The van der Waals surface area contributed by atoms with Crippen molar-refractivity contribution >= 4 is 17.3 Å². The zero-order valence-corrected chi connectivity index (χ0v) is 17.8. The number of aromatic nitrogens is 3. The van der Waals surface area contributed by atoms with E-state index in [1.165, 1.54) is 0 Å². The lowest BCUT2D eigenvalue weighted by atomic mass is 9.87. The van der Waals surface area contributed by atoms with Crippen molar-refractivity contribution < 1.29 is 9.15 Å². The number of hydrogen-bond donors (Lipinski definition) is 1. The molecule has 1 aliphatic rings. The Kier molecular flexibility index (Phi) is 6.50. The molecule has 2 N–H and O–H groups in total. The summed E-state index contributed by atoms with van der Waals surface area (Å²) < 4.78 is 12.0. The first-order chi connectivity index (χ1) is 14.6. The van der Waals surface area contributed by atoms with Crippen molar-refractivity contribution in [2.75, 3.05) is 12.8 Å². The number of nitrogens with two attached hydrogens (primary N) is 1. The van der Waals surface area contributed by atoms with Crippen molar-refractivity contribution in [1.29, 1.82) is 0 Å². The van der Waals surface area contributed by atoms with Crippen LogP contribution < -0.4 is 10.5 Å². The van der Waals surface area contributed by atoms with Gasteiger partial charge in [-0.1, -0.05) is 11.6 Å². The highest BCUT2D eigenvalue weighted by Gasteiger charge is 2.27. The highest BCUT2D eigenvalue weighted by atomic mass is 35.5. The van der Waals surface area contributed by atoms with E-state index in [4.69, 9.17) is 26.5 Å². The molecule has 1 aliphatic carbocycles. The van der Waals surface area contributed by atoms with Crippen molar-refractivity contribution in [2.45, 2.75) is 50.8 Å².